The number of alkyl halides is 1. The van der Waals surface area contributed by atoms with Crippen LogP contribution in [0.2, 0.25) is 0 Å². The van der Waals surface area contributed by atoms with E-state index in [-0.39, 0.29) is 24.7 Å². The summed E-state index contributed by atoms with van der Waals surface area (Å²) in [4.78, 5) is 0. The number of hydrogen-bond acceptors (Lipinski definition) is 1. The molecule has 0 unspecified atom stereocenters. The summed E-state index contributed by atoms with van der Waals surface area (Å²) in [5.74, 6) is -1.14. The number of rotatable bonds is 8. The Balaban J connectivity index is 1.98. The van der Waals surface area contributed by atoms with E-state index in [4.69, 9.17) is 4.74 Å². The third kappa shape index (κ3) is 4.76. The molecule has 0 aromatic heterocycles. The highest BCUT2D eigenvalue weighted by Crippen LogP contribution is 2.39. The normalized spacial score (nSPS) is 21.2. The molecule has 0 bridgehead atoms. The summed E-state index contributed by atoms with van der Waals surface area (Å²) in [5, 5.41) is 0. The third-order valence-electron chi connectivity index (χ3n) is 4.68. The molecule has 0 N–H and O–H groups in total. The fourth-order valence-electron chi connectivity index (χ4n) is 3.33. The molecule has 4 heteroatoms. The van der Waals surface area contributed by atoms with Crippen LogP contribution < -0.4 is 4.74 Å². The quantitative estimate of drug-likeness (QED) is 0.424. The first-order valence-electron chi connectivity index (χ1n) is 8.45. The van der Waals surface area contributed by atoms with Crippen LogP contribution in [0.1, 0.15) is 56.4 Å². The number of benzene rings is 1. The van der Waals surface area contributed by atoms with Gasteiger partial charge in [0.25, 0.3) is 0 Å². The first-order chi connectivity index (χ1) is 11.2. The van der Waals surface area contributed by atoms with E-state index >= 15 is 0 Å². The van der Waals surface area contributed by atoms with Gasteiger partial charge in [-0.05, 0) is 62.0 Å². The van der Waals surface area contributed by atoms with Crippen LogP contribution in [0.4, 0.5) is 13.2 Å². The van der Waals surface area contributed by atoms with E-state index in [1.165, 1.54) is 6.07 Å². The Morgan fingerprint density at radius 1 is 1.13 bits per heavy atom. The first-order valence-corrected chi connectivity index (χ1v) is 8.45. The van der Waals surface area contributed by atoms with Gasteiger partial charge in [0.05, 0.1) is 13.3 Å². The van der Waals surface area contributed by atoms with Crippen LogP contribution in [0, 0.1) is 17.6 Å². The van der Waals surface area contributed by atoms with Gasteiger partial charge in [-0.15, -0.1) is 6.58 Å². The average molecular weight is 326 g/mol. The lowest BCUT2D eigenvalue weighted by Gasteiger charge is -2.29. The van der Waals surface area contributed by atoms with Gasteiger partial charge >= 0.3 is 0 Å². The highest BCUT2D eigenvalue weighted by Gasteiger charge is 2.26. The predicted molar refractivity (Wildman–Crippen MR) is 86.6 cm³/mol. The van der Waals surface area contributed by atoms with E-state index < -0.39 is 18.3 Å². The van der Waals surface area contributed by atoms with E-state index in [0.717, 1.165) is 38.5 Å². The van der Waals surface area contributed by atoms with Crippen LogP contribution in [-0.2, 0) is 0 Å². The molecular formula is C19H25F3O. The minimum Gasteiger partial charge on any atom is -0.490 e. The molecule has 1 aliphatic rings. The van der Waals surface area contributed by atoms with Crippen LogP contribution in [-0.4, -0.2) is 13.3 Å². The van der Waals surface area contributed by atoms with Crippen molar-refractivity contribution in [2.24, 2.45) is 5.92 Å². The van der Waals surface area contributed by atoms with Crippen molar-refractivity contribution in [1.82, 2.24) is 0 Å². The van der Waals surface area contributed by atoms with Gasteiger partial charge in [-0.25, -0.2) is 4.39 Å². The van der Waals surface area contributed by atoms with Gasteiger partial charge in [-0.3, -0.25) is 4.39 Å². The Morgan fingerprint density at radius 3 is 2.52 bits per heavy atom. The third-order valence-corrected chi connectivity index (χ3v) is 4.68. The van der Waals surface area contributed by atoms with E-state index in [0.29, 0.717) is 11.5 Å². The molecular weight excluding hydrogens is 301 g/mol. The molecule has 23 heavy (non-hydrogen) atoms. The average Bonchev–Trinajstić information content (AvgIpc) is 2.58. The summed E-state index contributed by atoms with van der Waals surface area (Å²) in [6, 6.07) is 3.09. The fraction of sp³-hybridized carbons (Fsp3) is 0.579. The molecule has 0 amide bonds. The molecule has 1 aromatic carbocycles. The summed E-state index contributed by atoms with van der Waals surface area (Å²) >= 11 is 0. The van der Waals surface area contributed by atoms with Crippen LogP contribution in [0.3, 0.4) is 0 Å². The molecule has 2 rings (SSSR count). The molecule has 0 heterocycles. The van der Waals surface area contributed by atoms with Crippen LogP contribution >= 0.6 is 0 Å². The first kappa shape index (κ1) is 17.9. The highest BCUT2D eigenvalue weighted by molar-refractivity contribution is 5.33. The number of halogens is 3. The van der Waals surface area contributed by atoms with E-state index in [9.17, 15) is 13.2 Å². The second-order valence-electron chi connectivity index (χ2n) is 6.26. The lowest BCUT2D eigenvalue weighted by Crippen LogP contribution is -2.15. The minimum atomic E-state index is -0.949. The zero-order valence-corrected chi connectivity index (χ0v) is 13.5. The molecule has 0 aliphatic heterocycles. The van der Waals surface area contributed by atoms with Crippen molar-refractivity contribution in [1.29, 1.82) is 0 Å². The van der Waals surface area contributed by atoms with Crippen molar-refractivity contribution >= 4 is 0 Å². The van der Waals surface area contributed by atoms with Gasteiger partial charge in [0.1, 0.15) is 0 Å². The van der Waals surface area contributed by atoms with Crippen LogP contribution in [0.15, 0.2) is 24.8 Å². The van der Waals surface area contributed by atoms with Gasteiger partial charge in [0.15, 0.2) is 11.6 Å². The maximum atomic E-state index is 14.3. The minimum absolute atomic E-state index is 0.0562. The molecule has 1 aromatic rings. The Kier molecular flexibility index (Phi) is 7.00. The molecule has 1 fully saturated rings. The zero-order chi connectivity index (χ0) is 16.7. The zero-order valence-electron chi connectivity index (χ0n) is 13.5. The molecule has 0 saturated heterocycles. The van der Waals surface area contributed by atoms with Crippen molar-refractivity contribution in [2.75, 3.05) is 13.3 Å². The Bertz CT molecular complexity index is 508. The Morgan fingerprint density at radius 2 is 1.87 bits per heavy atom. The second kappa shape index (κ2) is 8.99. The summed E-state index contributed by atoms with van der Waals surface area (Å²) in [6.07, 6.45) is 8.14. The fourth-order valence-corrected chi connectivity index (χ4v) is 3.33. The summed E-state index contributed by atoms with van der Waals surface area (Å²) in [7, 11) is 0. The molecule has 1 nitrogen and oxygen atoms in total. The van der Waals surface area contributed by atoms with Crippen LogP contribution in [0.5, 0.6) is 5.75 Å². The van der Waals surface area contributed by atoms with E-state index in [1.54, 1.807) is 6.07 Å². The van der Waals surface area contributed by atoms with Crippen molar-refractivity contribution in [3.63, 3.8) is 0 Å². The van der Waals surface area contributed by atoms with Crippen molar-refractivity contribution in [3.05, 3.63) is 42.0 Å². The van der Waals surface area contributed by atoms with Crippen molar-refractivity contribution in [3.8, 4) is 5.75 Å². The summed E-state index contributed by atoms with van der Waals surface area (Å²) in [6.45, 7) is 3.27. The van der Waals surface area contributed by atoms with Gasteiger partial charge in [-0.2, -0.15) is 4.39 Å². The molecule has 1 saturated carbocycles. The smallest absolute Gasteiger partial charge is 0.200 e. The number of allylic oxidation sites excluding steroid dienone is 1. The highest BCUT2D eigenvalue weighted by atomic mass is 19.2. The predicted octanol–water partition coefficient (Wildman–Crippen LogP) is 5.94. The van der Waals surface area contributed by atoms with Crippen molar-refractivity contribution < 1.29 is 17.9 Å². The Hall–Kier alpha value is -1.45. The molecule has 1 aliphatic carbocycles. The molecule has 0 spiro atoms. The molecule has 0 atom stereocenters. The lowest BCUT2D eigenvalue weighted by molar-refractivity contribution is 0.270. The molecule has 128 valence electrons. The van der Waals surface area contributed by atoms with Gasteiger partial charge in [0, 0.05) is 6.42 Å². The van der Waals surface area contributed by atoms with Gasteiger partial charge < -0.3 is 4.74 Å². The monoisotopic (exact) mass is 326 g/mol. The summed E-state index contributed by atoms with van der Waals surface area (Å²) < 4.78 is 45.5. The number of hydrogen-bond donors (Lipinski definition) is 0. The lowest BCUT2D eigenvalue weighted by atomic mass is 9.77. The number of ether oxygens (including phenoxy) is 1. The van der Waals surface area contributed by atoms with Gasteiger partial charge in [0.2, 0.25) is 5.82 Å². The van der Waals surface area contributed by atoms with Crippen molar-refractivity contribution in [2.45, 2.75) is 50.9 Å². The van der Waals surface area contributed by atoms with Gasteiger partial charge in [-0.1, -0.05) is 12.1 Å². The largest absolute Gasteiger partial charge is 0.490 e. The standard InChI is InChI=1S/C19H25F3O/c1-2-3-5-14-6-8-15(9-7-14)16-10-11-17(19(22)18(16)21)23-13-4-12-20/h2,10-11,14-15H,1,3-9,12-13H2. The maximum absolute atomic E-state index is 14.3. The van der Waals surface area contributed by atoms with E-state index in [2.05, 4.69) is 6.58 Å². The van der Waals surface area contributed by atoms with E-state index in [1.807, 2.05) is 6.08 Å². The topological polar surface area (TPSA) is 9.23 Å². The second-order valence-corrected chi connectivity index (χ2v) is 6.26. The maximum Gasteiger partial charge on any atom is 0.200 e. The molecule has 0 radical (unpaired) electrons. The SMILES string of the molecule is C=CCCC1CCC(c2ccc(OCCCF)c(F)c2F)CC1. The Labute approximate surface area is 136 Å². The summed E-state index contributed by atoms with van der Waals surface area (Å²) in [5.41, 5.74) is 0.447. The van der Waals surface area contributed by atoms with Crippen LogP contribution in [0.25, 0.3) is 0 Å².